The molecule has 0 unspecified atom stereocenters. The van der Waals surface area contributed by atoms with Crippen LogP contribution < -0.4 is 0 Å². The Morgan fingerprint density at radius 1 is 1.19 bits per heavy atom. The zero-order valence-electron chi connectivity index (χ0n) is 12.8. The Morgan fingerprint density at radius 2 is 1.86 bits per heavy atom. The quantitative estimate of drug-likeness (QED) is 0.852. The summed E-state index contributed by atoms with van der Waals surface area (Å²) in [5, 5.41) is 3.74. The molecule has 0 spiro atoms. The standard InChI is InChI=1S/C15H20N2O3S/c1-5-17(10-14-9-7-6-8-11(14)2)21(18,19)15-12(3)16-20-13(15)4/h6-9H,5,10H2,1-4H3. The van der Waals surface area contributed by atoms with Crippen molar-refractivity contribution in [3.63, 3.8) is 0 Å². The molecule has 6 heteroatoms. The van der Waals surface area contributed by atoms with Crippen molar-refractivity contribution in [2.24, 2.45) is 0 Å². The summed E-state index contributed by atoms with van der Waals surface area (Å²) < 4.78 is 32.1. The fourth-order valence-corrected chi connectivity index (χ4v) is 4.03. The van der Waals surface area contributed by atoms with Crippen LogP contribution >= 0.6 is 0 Å². The molecule has 0 amide bonds. The number of nitrogens with zero attached hydrogens (tertiary/aromatic N) is 2. The van der Waals surface area contributed by atoms with Crippen molar-refractivity contribution in [2.45, 2.75) is 39.1 Å². The van der Waals surface area contributed by atoms with E-state index < -0.39 is 10.0 Å². The number of rotatable bonds is 5. The van der Waals surface area contributed by atoms with E-state index in [0.29, 0.717) is 24.5 Å². The summed E-state index contributed by atoms with van der Waals surface area (Å²) in [6.45, 7) is 7.80. The molecule has 0 aliphatic rings. The van der Waals surface area contributed by atoms with Crippen molar-refractivity contribution >= 4 is 10.0 Å². The molecule has 0 fully saturated rings. The molecule has 2 aromatic rings. The van der Waals surface area contributed by atoms with E-state index in [0.717, 1.165) is 11.1 Å². The first kappa shape index (κ1) is 15.7. The van der Waals surface area contributed by atoms with Gasteiger partial charge in [-0.05, 0) is 31.9 Å². The van der Waals surface area contributed by atoms with Crippen LogP contribution in [-0.2, 0) is 16.6 Å². The van der Waals surface area contributed by atoms with Crippen LogP contribution in [0.2, 0.25) is 0 Å². The Bertz CT molecular complexity index is 716. The topological polar surface area (TPSA) is 63.4 Å². The third kappa shape index (κ3) is 3.01. The first-order valence-electron chi connectivity index (χ1n) is 6.85. The highest BCUT2D eigenvalue weighted by Gasteiger charge is 2.30. The van der Waals surface area contributed by atoms with Crippen molar-refractivity contribution in [1.29, 1.82) is 0 Å². The molecule has 0 bridgehead atoms. The Kier molecular flexibility index (Phi) is 4.49. The van der Waals surface area contributed by atoms with Crippen LogP contribution in [0.15, 0.2) is 33.7 Å². The maximum atomic E-state index is 12.8. The van der Waals surface area contributed by atoms with E-state index in [1.54, 1.807) is 13.8 Å². The second-order valence-corrected chi connectivity index (χ2v) is 6.89. The number of aryl methyl sites for hydroxylation is 3. The highest BCUT2D eigenvalue weighted by Crippen LogP contribution is 2.25. The van der Waals surface area contributed by atoms with Gasteiger partial charge in [-0.1, -0.05) is 36.3 Å². The first-order chi connectivity index (χ1) is 9.87. The molecule has 0 saturated heterocycles. The second kappa shape index (κ2) is 5.99. The second-order valence-electron chi connectivity index (χ2n) is 5.01. The summed E-state index contributed by atoms with van der Waals surface area (Å²) in [6.07, 6.45) is 0. The van der Waals surface area contributed by atoms with E-state index in [-0.39, 0.29) is 4.90 Å². The Hall–Kier alpha value is -1.66. The van der Waals surface area contributed by atoms with Crippen LogP contribution in [-0.4, -0.2) is 24.4 Å². The van der Waals surface area contributed by atoms with E-state index in [2.05, 4.69) is 5.16 Å². The lowest BCUT2D eigenvalue weighted by Gasteiger charge is -2.21. The highest BCUT2D eigenvalue weighted by atomic mass is 32.2. The van der Waals surface area contributed by atoms with Gasteiger partial charge in [0.25, 0.3) is 0 Å². The molecule has 1 heterocycles. The Morgan fingerprint density at radius 3 is 2.38 bits per heavy atom. The molecule has 5 nitrogen and oxygen atoms in total. The minimum Gasteiger partial charge on any atom is -0.360 e. The summed E-state index contributed by atoms with van der Waals surface area (Å²) in [4.78, 5) is 0.179. The van der Waals surface area contributed by atoms with Gasteiger partial charge in [-0.25, -0.2) is 8.42 Å². The van der Waals surface area contributed by atoms with Crippen molar-refractivity contribution in [1.82, 2.24) is 9.46 Å². The van der Waals surface area contributed by atoms with Gasteiger partial charge < -0.3 is 4.52 Å². The maximum absolute atomic E-state index is 12.8. The largest absolute Gasteiger partial charge is 0.360 e. The third-order valence-electron chi connectivity index (χ3n) is 3.53. The number of benzene rings is 1. The van der Waals surface area contributed by atoms with Gasteiger partial charge in [-0.2, -0.15) is 4.31 Å². The van der Waals surface area contributed by atoms with Crippen LogP contribution in [0.4, 0.5) is 0 Å². The van der Waals surface area contributed by atoms with Crippen LogP contribution in [0.25, 0.3) is 0 Å². The van der Waals surface area contributed by atoms with Crippen molar-refractivity contribution in [3.05, 3.63) is 46.8 Å². The summed E-state index contributed by atoms with van der Waals surface area (Å²) in [5.74, 6) is 0.329. The zero-order valence-corrected chi connectivity index (χ0v) is 13.6. The average Bonchev–Trinajstić information content (AvgIpc) is 2.77. The molecule has 0 radical (unpaired) electrons. The van der Waals surface area contributed by atoms with Gasteiger partial charge >= 0.3 is 0 Å². The average molecular weight is 308 g/mol. The predicted molar refractivity (Wildman–Crippen MR) is 80.4 cm³/mol. The predicted octanol–water partition coefficient (Wildman–Crippen LogP) is 2.81. The van der Waals surface area contributed by atoms with E-state index in [4.69, 9.17) is 4.52 Å². The van der Waals surface area contributed by atoms with Gasteiger partial charge in [0.1, 0.15) is 10.6 Å². The third-order valence-corrected chi connectivity index (χ3v) is 5.69. The van der Waals surface area contributed by atoms with Crippen LogP contribution in [0.1, 0.15) is 29.5 Å². The van der Waals surface area contributed by atoms with Crippen molar-refractivity contribution < 1.29 is 12.9 Å². The number of hydrogen-bond acceptors (Lipinski definition) is 4. The van der Waals surface area contributed by atoms with E-state index in [1.165, 1.54) is 4.31 Å². The molecule has 21 heavy (non-hydrogen) atoms. The summed E-state index contributed by atoms with van der Waals surface area (Å²) >= 11 is 0. The van der Waals surface area contributed by atoms with E-state index >= 15 is 0 Å². The van der Waals surface area contributed by atoms with E-state index in [1.807, 2.05) is 38.1 Å². The van der Waals surface area contributed by atoms with Crippen molar-refractivity contribution in [2.75, 3.05) is 6.54 Å². The van der Waals surface area contributed by atoms with Gasteiger partial charge in [0, 0.05) is 13.1 Å². The van der Waals surface area contributed by atoms with Crippen LogP contribution in [0.3, 0.4) is 0 Å². The molecule has 0 atom stereocenters. The number of aromatic nitrogens is 1. The Balaban J connectivity index is 2.40. The lowest BCUT2D eigenvalue weighted by Crippen LogP contribution is -2.31. The molecule has 0 saturated carbocycles. The lowest BCUT2D eigenvalue weighted by atomic mass is 10.1. The molecule has 2 rings (SSSR count). The fraction of sp³-hybridized carbons (Fsp3) is 0.400. The van der Waals surface area contributed by atoms with Gasteiger partial charge in [-0.15, -0.1) is 0 Å². The van der Waals surface area contributed by atoms with Gasteiger partial charge in [-0.3, -0.25) is 0 Å². The molecule has 0 N–H and O–H groups in total. The maximum Gasteiger partial charge on any atom is 0.248 e. The molecular formula is C15H20N2O3S. The normalized spacial score (nSPS) is 12.0. The minimum atomic E-state index is -3.61. The highest BCUT2D eigenvalue weighted by molar-refractivity contribution is 7.89. The van der Waals surface area contributed by atoms with Gasteiger partial charge in [0.15, 0.2) is 5.76 Å². The Labute approximate surface area is 125 Å². The number of sulfonamides is 1. The first-order valence-corrected chi connectivity index (χ1v) is 8.29. The van der Waals surface area contributed by atoms with Gasteiger partial charge in [0.05, 0.1) is 0 Å². The lowest BCUT2D eigenvalue weighted by molar-refractivity contribution is 0.388. The number of hydrogen-bond donors (Lipinski definition) is 0. The molecule has 0 aliphatic heterocycles. The van der Waals surface area contributed by atoms with Crippen LogP contribution in [0.5, 0.6) is 0 Å². The minimum absolute atomic E-state index is 0.179. The summed E-state index contributed by atoms with van der Waals surface area (Å²) in [6, 6.07) is 7.78. The monoisotopic (exact) mass is 308 g/mol. The fourth-order valence-electron chi connectivity index (χ4n) is 2.32. The summed E-state index contributed by atoms with van der Waals surface area (Å²) in [7, 11) is -3.61. The van der Waals surface area contributed by atoms with Gasteiger partial charge in [0.2, 0.25) is 10.0 Å². The molecule has 1 aromatic carbocycles. The van der Waals surface area contributed by atoms with Crippen molar-refractivity contribution in [3.8, 4) is 0 Å². The smallest absolute Gasteiger partial charge is 0.248 e. The zero-order chi connectivity index (χ0) is 15.6. The molecule has 114 valence electrons. The summed E-state index contributed by atoms with van der Waals surface area (Å²) in [5.41, 5.74) is 2.47. The molecule has 1 aromatic heterocycles. The SMILES string of the molecule is CCN(Cc1ccccc1C)S(=O)(=O)c1c(C)noc1C. The molecule has 0 aliphatic carbocycles. The van der Waals surface area contributed by atoms with Crippen LogP contribution in [0, 0.1) is 20.8 Å². The van der Waals surface area contributed by atoms with E-state index in [9.17, 15) is 8.42 Å². The molecular weight excluding hydrogens is 288 g/mol.